The minimum atomic E-state index is -3.36. The van der Waals surface area contributed by atoms with E-state index in [2.05, 4.69) is 0 Å². The van der Waals surface area contributed by atoms with Crippen LogP contribution in [0.25, 0.3) is 0 Å². The Kier molecular flexibility index (Phi) is 3.09. The SMILES string of the molecule is CC(C)(C(=O)C1CC1c1ccccc1)S(C)(=O)=O. The molecule has 1 aliphatic rings. The molecule has 1 fully saturated rings. The van der Waals surface area contributed by atoms with Gasteiger partial charge in [0.15, 0.2) is 15.6 Å². The number of carbonyl (C=O) groups excluding carboxylic acids is 1. The van der Waals surface area contributed by atoms with Crippen LogP contribution in [0.1, 0.15) is 31.7 Å². The van der Waals surface area contributed by atoms with E-state index in [1.807, 2.05) is 30.3 Å². The summed E-state index contributed by atoms with van der Waals surface area (Å²) in [6, 6.07) is 9.80. The zero-order chi connectivity index (χ0) is 13.6. The van der Waals surface area contributed by atoms with Crippen LogP contribution in [0.5, 0.6) is 0 Å². The molecule has 1 saturated carbocycles. The van der Waals surface area contributed by atoms with Crippen molar-refractivity contribution in [3.63, 3.8) is 0 Å². The zero-order valence-corrected chi connectivity index (χ0v) is 11.7. The predicted octanol–water partition coefficient (Wildman–Crippen LogP) is 2.18. The molecule has 0 aliphatic heterocycles. The molecule has 1 aliphatic carbocycles. The Labute approximate surface area is 108 Å². The standard InChI is InChI=1S/C14H18O3S/c1-14(2,18(3,16)17)13(15)12-9-11(12)10-7-5-4-6-8-10/h4-8,11-12H,9H2,1-3H3. The summed E-state index contributed by atoms with van der Waals surface area (Å²) < 4.78 is 22.0. The molecule has 0 radical (unpaired) electrons. The number of hydrogen-bond donors (Lipinski definition) is 0. The zero-order valence-electron chi connectivity index (χ0n) is 10.9. The maximum atomic E-state index is 12.3. The minimum Gasteiger partial charge on any atom is -0.298 e. The Morgan fingerprint density at radius 2 is 1.78 bits per heavy atom. The van der Waals surface area contributed by atoms with E-state index in [1.54, 1.807) is 0 Å². The van der Waals surface area contributed by atoms with Crippen LogP contribution in [0.4, 0.5) is 0 Å². The van der Waals surface area contributed by atoms with E-state index in [0.29, 0.717) is 0 Å². The largest absolute Gasteiger partial charge is 0.298 e. The van der Waals surface area contributed by atoms with Crippen molar-refractivity contribution in [2.24, 2.45) is 5.92 Å². The fourth-order valence-electron chi connectivity index (χ4n) is 2.18. The lowest BCUT2D eigenvalue weighted by Gasteiger charge is -2.20. The van der Waals surface area contributed by atoms with Gasteiger partial charge in [-0.05, 0) is 31.7 Å². The quantitative estimate of drug-likeness (QED) is 0.839. The molecule has 0 N–H and O–H groups in total. The van der Waals surface area contributed by atoms with Crippen LogP contribution < -0.4 is 0 Å². The van der Waals surface area contributed by atoms with Crippen LogP contribution >= 0.6 is 0 Å². The monoisotopic (exact) mass is 266 g/mol. The Morgan fingerprint density at radius 1 is 1.22 bits per heavy atom. The topological polar surface area (TPSA) is 51.2 Å². The summed E-state index contributed by atoms with van der Waals surface area (Å²) in [7, 11) is -3.36. The van der Waals surface area contributed by atoms with Gasteiger partial charge in [-0.2, -0.15) is 0 Å². The van der Waals surface area contributed by atoms with Crippen LogP contribution in [-0.4, -0.2) is 25.2 Å². The molecule has 0 aromatic heterocycles. The number of sulfone groups is 1. The second kappa shape index (κ2) is 4.19. The van der Waals surface area contributed by atoms with Crippen LogP contribution in [0.15, 0.2) is 30.3 Å². The van der Waals surface area contributed by atoms with Gasteiger partial charge in [0, 0.05) is 12.2 Å². The van der Waals surface area contributed by atoms with E-state index in [9.17, 15) is 13.2 Å². The predicted molar refractivity (Wildman–Crippen MR) is 71.2 cm³/mol. The maximum absolute atomic E-state index is 12.3. The summed E-state index contributed by atoms with van der Waals surface area (Å²) in [4.78, 5) is 12.3. The normalized spacial score (nSPS) is 23.7. The van der Waals surface area contributed by atoms with Crippen LogP contribution in [0.3, 0.4) is 0 Å². The number of rotatable bonds is 4. The van der Waals surface area contributed by atoms with Crippen LogP contribution in [0.2, 0.25) is 0 Å². The molecule has 0 bridgehead atoms. The van der Waals surface area contributed by atoms with Gasteiger partial charge in [0.2, 0.25) is 0 Å². The third-order valence-corrected chi connectivity index (χ3v) is 5.93. The summed E-state index contributed by atoms with van der Waals surface area (Å²) in [6.45, 7) is 3.01. The van der Waals surface area contributed by atoms with Crippen molar-refractivity contribution >= 4 is 15.6 Å². The van der Waals surface area contributed by atoms with E-state index in [4.69, 9.17) is 0 Å². The van der Waals surface area contributed by atoms with E-state index in [0.717, 1.165) is 18.2 Å². The highest BCUT2D eigenvalue weighted by Gasteiger charge is 2.52. The van der Waals surface area contributed by atoms with E-state index in [1.165, 1.54) is 13.8 Å². The molecule has 1 aromatic carbocycles. The van der Waals surface area contributed by atoms with Crippen molar-refractivity contribution in [2.75, 3.05) is 6.26 Å². The van der Waals surface area contributed by atoms with E-state index in [-0.39, 0.29) is 17.6 Å². The first-order valence-corrected chi connectivity index (χ1v) is 7.93. The van der Waals surface area contributed by atoms with Gasteiger partial charge < -0.3 is 0 Å². The lowest BCUT2D eigenvalue weighted by Crippen LogP contribution is -2.41. The lowest BCUT2D eigenvalue weighted by molar-refractivity contribution is -0.122. The molecule has 1 aromatic rings. The van der Waals surface area contributed by atoms with Crippen molar-refractivity contribution in [1.82, 2.24) is 0 Å². The summed E-state index contributed by atoms with van der Waals surface area (Å²) in [5, 5.41) is 0. The summed E-state index contributed by atoms with van der Waals surface area (Å²) >= 11 is 0. The number of Topliss-reactive ketones (excluding diaryl/α,β-unsaturated/α-hetero) is 1. The Bertz CT molecular complexity index is 558. The highest BCUT2D eigenvalue weighted by Crippen LogP contribution is 2.50. The van der Waals surface area contributed by atoms with Crippen molar-refractivity contribution in [3.8, 4) is 0 Å². The van der Waals surface area contributed by atoms with Gasteiger partial charge in [0.25, 0.3) is 0 Å². The molecule has 0 heterocycles. The second-order valence-corrected chi connectivity index (χ2v) is 8.07. The van der Waals surface area contributed by atoms with Gasteiger partial charge in [-0.25, -0.2) is 8.42 Å². The van der Waals surface area contributed by atoms with E-state index >= 15 is 0 Å². The minimum absolute atomic E-state index is 0.142. The molecule has 0 amide bonds. The van der Waals surface area contributed by atoms with Gasteiger partial charge in [-0.3, -0.25) is 4.79 Å². The lowest BCUT2D eigenvalue weighted by atomic mass is 10.0. The number of hydrogen-bond acceptors (Lipinski definition) is 3. The molecule has 98 valence electrons. The van der Waals surface area contributed by atoms with Crippen molar-refractivity contribution in [2.45, 2.75) is 30.9 Å². The van der Waals surface area contributed by atoms with Gasteiger partial charge in [0.05, 0.1) is 0 Å². The highest BCUT2D eigenvalue weighted by molar-refractivity contribution is 7.92. The molecule has 0 spiro atoms. The third kappa shape index (κ3) is 2.21. The number of benzene rings is 1. The third-order valence-electron chi connectivity index (χ3n) is 3.88. The Morgan fingerprint density at radius 3 is 2.28 bits per heavy atom. The Balaban J connectivity index is 2.16. The molecule has 4 heteroatoms. The van der Waals surface area contributed by atoms with Crippen LogP contribution in [0, 0.1) is 5.92 Å². The van der Waals surface area contributed by atoms with Gasteiger partial charge >= 0.3 is 0 Å². The van der Waals surface area contributed by atoms with Crippen molar-refractivity contribution in [1.29, 1.82) is 0 Å². The molecule has 0 saturated heterocycles. The smallest absolute Gasteiger partial charge is 0.159 e. The Hall–Kier alpha value is -1.16. The first-order valence-electron chi connectivity index (χ1n) is 6.04. The van der Waals surface area contributed by atoms with Gasteiger partial charge in [0.1, 0.15) is 4.75 Å². The number of ketones is 1. The molecule has 3 nitrogen and oxygen atoms in total. The van der Waals surface area contributed by atoms with Crippen molar-refractivity contribution in [3.05, 3.63) is 35.9 Å². The van der Waals surface area contributed by atoms with E-state index < -0.39 is 14.6 Å². The average Bonchev–Trinajstić information content (AvgIpc) is 3.07. The van der Waals surface area contributed by atoms with Gasteiger partial charge in [-0.15, -0.1) is 0 Å². The fourth-order valence-corrected chi connectivity index (χ4v) is 2.70. The molecule has 2 atom stereocenters. The molecular formula is C14H18O3S. The average molecular weight is 266 g/mol. The maximum Gasteiger partial charge on any atom is 0.159 e. The molecule has 2 rings (SSSR count). The number of carbonyl (C=O) groups is 1. The highest BCUT2D eigenvalue weighted by atomic mass is 32.2. The first kappa shape index (κ1) is 13.3. The summed E-state index contributed by atoms with van der Waals surface area (Å²) in [5.41, 5.74) is 1.13. The van der Waals surface area contributed by atoms with Crippen molar-refractivity contribution < 1.29 is 13.2 Å². The molecule has 2 unspecified atom stereocenters. The second-order valence-electron chi connectivity index (χ2n) is 5.51. The van der Waals surface area contributed by atoms with Gasteiger partial charge in [-0.1, -0.05) is 30.3 Å². The molecular weight excluding hydrogens is 248 g/mol. The fraction of sp³-hybridized carbons (Fsp3) is 0.500. The first-order chi connectivity index (χ1) is 8.25. The summed E-state index contributed by atoms with van der Waals surface area (Å²) in [5.74, 6) is -0.101. The van der Waals surface area contributed by atoms with Crippen LogP contribution in [-0.2, 0) is 14.6 Å². The molecule has 18 heavy (non-hydrogen) atoms. The summed E-state index contributed by atoms with van der Waals surface area (Å²) in [6.07, 6.45) is 1.90.